The minimum Gasteiger partial charge on any atom is -0.390 e. The molecule has 0 aliphatic carbocycles. The molecule has 0 bridgehead atoms. The first-order chi connectivity index (χ1) is 5.34. The Morgan fingerprint density at radius 1 is 1.55 bits per heavy atom. The van der Waals surface area contributed by atoms with E-state index in [0.29, 0.717) is 0 Å². The predicted molar refractivity (Wildman–Crippen MR) is 53.6 cm³/mol. The predicted octanol–water partition coefficient (Wildman–Crippen LogP) is 3.10. The molecule has 0 spiro atoms. The highest BCUT2D eigenvalue weighted by Crippen LogP contribution is 2.14. The summed E-state index contributed by atoms with van der Waals surface area (Å²) < 4.78 is 0. The van der Waals surface area contributed by atoms with Crippen LogP contribution in [0.5, 0.6) is 0 Å². The van der Waals surface area contributed by atoms with Gasteiger partial charge in [-0.25, -0.2) is 0 Å². The number of hydrogen-bond acceptors (Lipinski definition) is 1. The van der Waals surface area contributed by atoms with E-state index in [1.165, 1.54) is 17.6 Å². The van der Waals surface area contributed by atoms with Gasteiger partial charge < -0.3 is 5.32 Å². The first kappa shape index (κ1) is 10.3. The minimum absolute atomic E-state index is 0. The van der Waals surface area contributed by atoms with Gasteiger partial charge in [-0.05, 0) is 37.6 Å². The fraction of sp³-hybridized carbons (Fsp3) is 0.600. The molecule has 1 nitrogen and oxygen atoms in total. The molecular formula is C10H21N. The molecule has 0 aromatic rings. The van der Waals surface area contributed by atoms with Crippen LogP contribution < -0.4 is 5.32 Å². The van der Waals surface area contributed by atoms with Crippen molar-refractivity contribution in [2.24, 2.45) is 0 Å². The molecule has 1 rings (SSSR count). The molecule has 66 valence electrons. The van der Waals surface area contributed by atoms with E-state index in [-0.39, 0.29) is 1.43 Å². The Morgan fingerprint density at radius 3 is 2.55 bits per heavy atom. The summed E-state index contributed by atoms with van der Waals surface area (Å²) in [4.78, 5) is 0. The van der Waals surface area contributed by atoms with E-state index >= 15 is 0 Å². The first-order valence-electron chi connectivity index (χ1n) is 4.40. The lowest BCUT2D eigenvalue weighted by Gasteiger charge is -2.13. The Hall–Kier alpha value is -0.720. The summed E-state index contributed by atoms with van der Waals surface area (Å²) in [5.41, 5.74) is 2.86. The number of hydrogen-bond donors (Lipinski definition) is 1. The van der Waals surface area contributed by atoms with E-state index in [9.17, 15) is 0 Å². The number of rotatable bonds is 0. The maximum absolute atomic E-state index is 3.20. The fourth-order valence-corrected chi connectivity index (χ4v) is 1.09. The second-order valence-corrected chi connectivity index (χ2v) is 2.35. The smallest absolute Gasteiger partial charge is 0.0182 e. The summed E-state index contributed by atoms with van der Waals surface area (Å²) in [6.45, 7) is 9.33. The SMILES string of the molecule is C/C=C1\CCNC=C1C.CC.[HH]. The molecule has 1 N–H and O–H groups in total. The summed E-state index contributed by atoms with van der Waals surface area (Å²) in [7, 11) is 0. The largest absolute Gasteiger partial charge is 0.390 e. The van der Waals surface area contributed by atoms with Crippen LogP contribution in [0.1, 0.15) is 35.5 Å². The van der Waals surface area contributed by atoms with Gasteiger partial charge in [-0.3, -0.25) is 0 Å². The van der Waals surface area contributed by atoms with Gasteiger partial charge in [0.15, 0.2) is 0 Å². The van der Waals surface area contributed by atoms with Crippen molar-refractivity contribution in [3.8, 4) is 0 Å². The van der Waals surface area contributed by atoms with Crippen LogP contribution in [0.15, 0.2) is 23.4 Å². The maximum Gasteiger partial charge on any atom is 0.0182 e. The van der Waals surface area contributed by atoms with Gasteiger partial charge in [-0.1, -0.05) is 19.9 Å². The lowest BCUT2D eigenvalue weighted by molar-refractivity contribution is 0.787. The summed E-state index contributed by atoms with van der Waals surface area (Å²) in [5, 5.41) is 3.20. The van der Waals surface area contributed by atoms with Crippen molar-refractivity contribution in [1.82, 2.24) is 5.32 Å². The Balaban J connectivity index is 0. The Bertz CT molecular complexity index is 159. The molecule has 0 saturated heterocycles. The molecule has 0 aromatic heterocycles. The van der Waals surface area contributed by atoms with Gasteiger partial charge in [0.1, 0.15) is 0 Å². The van der Waals surface area contributed by atoms with Gasteiger partial charge >= 0.3 is 0 Å². The third-order valence-corrected chi connectivity index (χ3v) is 1.71. The lowest BCUT2D eigenvalue weighted by Crippen LogP contribution is -2.14. The van der Waals surface area contributed by atoms with Crippen LogP contribution in [-0.4, -0.2) is 6.54 Å². The van der Waals surface area contributed by atoms with Crippen LogP contribution >= 0.6 is 0 Å². The van der Waals surface area contributed by atoms with Crippen molar-refractivity contribution >= 4 is 0 Å². The molecule has 0 saturated carbocycles. The van der Waals surface area contributed by atoms with E-state index in [1.54, 1.807) is 0 Å². The number of allylic oxidation sites excluding steroid dienone is 2. The topological polar surface area (TPSA) is 12.0 Å². The van der Waals surface area contributed by atoms with Crippen molar-refractivity contribution in [2.75, 3.05) is 6.54 Å². The molecule has 0 unspecified atom stereocenters. The molecule has 1 heterocycles. The van der Waals surface area contributed by atoms with Crippen LogP contribution in [0.4, 0.5) is 0 Å². The number of nitrogens with one attached hydrogen (secondary N) is 1. The molecule has 0 fully saturated rings. The average Bonchev–Trinajstić information content (AvgIpc) is 2.09. The second-order valence-electron chi connectivity index (χ2n) is 2.35. The van der Waals surface area contributed by atoms with Crippen molar-refractivity contribution < 1.29 is 1.43 Å². The van der Waals surface area contributed by atoms with E-state index < -0.39 is 0 Å². The molecule has 0 atom stereocenters. The van der Waals surface area contributed by atoms with Crippen molar-refractivity contribution in [2.45, 2.75) is 34.1 Å². The van der Waals surface area contributed by atoms with Gasteiger partial charge in [-0.2, -0.15) is 0 Å². The maximum atomic E-state index is 3.20. The zero-order valence-electron chi connectivity index (χ0n) is 8.07. The zero-order chi connectivity index (χ0) is 8.69. The monoisotopic (exact) mass is 155 g/mol. The van der Waals surface area contributed by atoms with Gasteiger partial charge in [0.05, 0.1) is 0 Å². The van der Waals surface area contributed by atoms with Gasteiger partial charge in [0, 0.05) is 7.97 Å². The van der Waals surface area contributed by atoms with Crippen molar-refractivity contribution in [3.63, 3.8) is 0 Å². The Morgan fingerprint density at radius 2 is 2.18 bits per heavy atom. The van der Waals surface area contributed by atoms with Crippen LogP contribution in [0.25, 0.3) is 0 Å². The van der Waals surface area contributed by atoms with Gasteiger partial charge in [0.2, 0.25) is 0 Å². The van der Waals surface area contributed by atoms with Crippen LogP contribution in [-0.2, 0) is 0 Å². The molecule has 0 aromatic carbocycles. The van der Waals surface area contributed by atoms with E-state index in [1.807, 2.05) is 13.8 Å². The summed E-state index contributed by atoms with van der Waals surface area (Å²) in [6, 6.07) is 0. The van der Waals surface area contributed by atoms with Crippen molar-refractivity contribution in [3.05, 3.63) is 23.4 Å². The normalized spacial score (nSPS) is 19.6. The van der Waals surface area contributed by atoms with Crippen LogP contribution in [0.2, 0.25) is 0 Å². The van der Waals surface area contributed by atoms with E-state index in [4.69, 9.17) is 0 Å². The molecule has 11 heavy (non-hydrogen) atoms. The zero-order valence-corrected chi connectivity index (χ0v) is 8.07. The Kier molecular flexibility index (Phi) is 5.63. The summed E-state index contributed by atoms with van der Waals surface area (Å²) >= 11 is 0. The highest BCUT2D eigenvalue weighted by Gasteiger charge is 2.01. The quantitative estimate of drug-likeness (QED) is 0.567. The molecule has 1 aliphatic heterocycles. The fourth-order valence-electron chi connectivity index (χ4n) is 1.09. The van der Waals surface area contributed by atoms with E-state index in [2.05, 4.69) is 31.4 Å². The minimum atomic E-state index is 0. The summed E-state index contributed by atoms with van der Waals surface area (Å²) in [5.74, 6) is 0. The first-order valence-corrected chi connectivity index (χ1v) is 4.40. The van der Waals surface area contributed by atoms with Gasteiger partial charge in [-0.15, -0.1) is 0 Å². The van der Waals surface area contributed by atoms with E-state index in [0.717, 1.165) is 6.54 Å². The highest BCUT2D eigenvalue weighted by molar-refractivity contribution is 5.30. The molecule has 0 radical (unpaired) electrons. The molecule has 1 aliphatic rings. The molecule has 0 amide bonds. The summed E-state index contributed by atoms with van der Waals surface area (Å²) in [6.07, 6.45) is 5.45. The Labute approximate surface area is 71.7 Å². The molecule has 1 heteroatoms. The highest BCUT2D eigenvalue weighted by atomic mass is 14.8. The second kappa shape index (κ2) is 6.02. The van der Waals surface area contributed by atoms with Gasteiger partial charge in [0.25, 0.3) is 0 Å². The van der Waals surface area contributed by atoms with Crippen LogP contribution in [0, 0.1) is 0 Å². The average molecular weight is 155 g/mol. The van der Waals surface area contributed by atoms with Crippen LogP contribution in [0.3, 0.4) is 0 Å². The third-order valence-electron chi connectivity index (χ3n) is 1.71. The molecular weight excluding hydrogens is 134 g/mol. The lowest BCUT2D eigenvalue weighted by atomic mass is 10.0. The van der Waals surface area contributed by atoms with Crippen molar-refractivity contribution in [1.29, 1.82) is 0 Å². The third kappa shape index (κ3) is 3.26. The standard InChI is InChI=1S/C8H13N.C2H6.H2/c1-3-8-4-5-9-6-7(8)2;1-2;/h3,6,9H,4-5H2,1-2H3;1-2H3;1H/b8-3+;;.